The smallest absolute Gasteiger partial charge is 0.0558 e. The summed E-state index contributed by atoms with van der Waals surface area (Å²) in [7, 11) is 0. The van der Waals surface area contributed by atoms with Gasteiger partial charge in [-0.2, -0.15) is 0 Å². The van der Waals surface area contributed by atoms with Gasteiger partial charge in [0.25, 0.3) is 0 Å². The molecule has 0 aliphatic rings. The maximum atomic E-state index is 8.55. The maximum Gasteiger partial charge on any atom is 0.0558 e. The number of alkyl halides is 1. The average Bonchev–Trinajstić information content (AvgIpc) is 1.90. The van der Waals surface area contributed by atoms with Gasteiger partial charge in [-0.05, 0) is 0 Å². The van der Waals surface area contributed by atoms with E-state index in [0.717, 1.165) is 11.9 Å². The van der Waals surface area contributed by atoms with Crippen molar-refractivity contribution in [1.82, 2.24) is 4.90 Å². The van der Waals surface area contributed by atoms with Crippen LogP contribution in [-0.4, -0.2) is 53.3 Å². The topological polar surface area (TPSA) is 43.7 Å². The van der Waals surface area contributed by atoms with Gasteiger partial charge in [0.05, 0.1) is 13.2 Å². The van der Waals surface area contributed by atoms with Crippen molar-refractivity contribution in [2.24, 2.45) is 0 Å². The highest BCUT2D eigenvalue weighted by Crippen LogP contribution is 1.89. The molecule has 0 aromatic rings. The van der Waals surface area contributed by atoms with E-state index in [1.54, 1.807) is 0 Å². The third-order valence-electron chi connectivity index (χ3n) is 1.23. The number of hydrogen-bond donors (Lipinski definition) is 2. The monoisotopic (exact) mass is 211 g/mol. The standard InChI is InChI=1S/C6H14BrNO2/c7-1-2-8(3-5-9)4-6-10/h9-10H,1-6H2. The first-order valence-corrected chi connectivity index (χ1v) is 4.47. The fraction of sp³-hybridized carbons (Fsp3) is 1.00. The predicted molar refractivity (Wildman–Crippen MR) is 44.4 cm³/mol. The van der Waals surface area contributed by atoms with Crippen molar-refractivity contribution in [3.05, 3.63) is 0 Å². The molecule has 62 valence electrons. The van der Waals surface area contributed by atoms with E-state index < -0.39 is 0 Å². The van der Waals surface area contributed by atoms with Crippen molar-refractivity contribution < 1.29 is 10.2 Å². The molecule has 0 atom stereocenters. The molecule has 0 spiro atoms. The molecule has 0 saturated heterocycles. The van der Waals surface area contributed by atoms with Crippen molar-refractivity contribution in [3.8, 4) is 0 Å². The lowest BCUT2D eigenvalue weighted by atomic mass is 10.5. The first-order chi connectivity index (χ1) is 4.85. The summed E-state index contributed by atoms with van der Waals surface area (Å²) < 4.78 is 0. The quantitative estimate of drug-likeness (QED) is 0.592. The van der Waals surface area contributed by atoms with Gasteiger partial charge in [-0.1, -0.05) is 15.9 Å². The van der Waals surface area contributed by atoms with Gasteiger partial charge in [0.15, 0.2) is 0 Å². The molecule has 3 nitrogen and oxygen atoms in total. The van der Waals surface area contributed by atoms with Crippen LogP contribution >= 0.6 is 15.9 Å². The van der Waals surface area contributed by atoms with Crippen LogP contribution in [0.5, 0.6) is 0 Å². The van der Waals surface area contributed by atoms with Crippen LogP contribution < -0.4 is 0 Å². The highest BCUT2D eigenvalue weighted by atomic mass is 79.9. The molecule has 0 amide bonds. The molecule has 0 aliphatic carbocycles. The second-order valence-electron chi connectivity index (χ2n) is 1.98. The van der Waals surface area contributed by atoms with E-state index in [9.17, 15) is 0 Å². The second kappa shape index (κ2) is 7.47. The van der Waals surface area contributed by atoms with Gasteiger partial charge in [-0.3, -0.25) is 4.90 Å². The molecule has 0 heterocycles. The first kappa shape index (κ1) is 10.4. The van der Waals surface area contributed by atoms with Gasteiger partial charge in [0.1, 0.15) is 0 Å². The third kappa shape index (κ3) is 5.17. The molecule has 0 aromatic heterocycles. The molecular weight excluding hydrogens is 198 g/mol. The van der Waals surface area contributed by atoms with Gasteiger partial charge in [0.2, 0.25) is 0 Å². The largest absolute Gasteiger partial charge is 0.395 e. The Kier molecular flexibility index (Phi) is 7.74. The molecule has 0 radical (unpaired) electrons. The molecule has 0 bridgehead atoms. The zero-order valence-electron chi connectivity index (χ0n) is 5.96. The van der Waals surface area contributed by atoms with E-state index in [1.807, 2.05) is 4.90 Å². The van der Waals surface area contributed by atoms with Crippen LogP contribution in [0.3, 0.4) is 0 Å². The second-order valence-corrected chi connectivity index (χ2v) is 2.77. The molecule has 0 fully saturated rings. The first-order valence-electron chi connectivity index (χ1n) is 3.35. The Labute approximate surface area is 69.8 Å². The summed E-state index contributed by atoms with van der Waals surface area (Å²) in [4.78, 5) is 1.99. The van der Waals surface area contributed by atoms with Crippen LogP contribution in [0.15, 0.2) is 0 Å². The average molecular weight is 212 g/mol. The zero-order chi connectivity index (χ0) is 7.82. The van der Waals surface area contributed by atoms with Crippen molar-refractivity contribution in [2.45, 2.75) is 0 Å². The van der Waals surface area contributed by atoms with E-state index in [4.69, 9.17) is 10.2 Å². The summed E-state index contributed by atoms with van der Waals surface area (Å²) in [5.41, 5.74) is 0. The number of rotatable bonds is 6. The van der Waals surface area contributed by atoms with Crippen LogP contribution in [0.4, 0.5) is 0 Å². The summed E-state index contributed by atoms with van der Waals surface area (Å²) in [6.07, 6.45) is 0. The van der Waals surface area contributed by atoms with Crippen LogP contribution in [0.25, 0.3) is 0 Å². The molecule has 4 heteroatoms. The molecule has 0 rings (SSSR count). The van der Waals surface area contributed by atoms with Gasteiger partial charge >= 0.3 is 0 Å². The fourth-order valence-corrected chi connectivity index (χ4v) is 1.24. The van der Waals surface area contributed by atoms with Crippen molar-refractivity contribution in [3.63, 3.8) is 0 Å². The highest BCUT2D eigenvalue weighted by Gasteiger charge is 2.00. The Morgan fingerprint density at radius 1 is 1.00 bits per heavy atom. The predicted octanol–water partition coefficient (Wildman–Crippen LogP) is -0.332. The van der Waals surface area contributed by atoms with E-state index in [-0.39, 0.29) is 13.2 Å². The Balaban J connectivity index is 3.30. The summed E-state index contributed by atoms with van der Waals surface area (Å²) in [6, 6.07) is 0. The number of aliphatic hydroxyl groups excluding tert-OH is 2. The van der Waals surface area contributed by atoms with Crippen LogP contribution in [0.1, 0.15) is 0 Å². The summed E-state index contributed by atoms with van der Waals surface area (Å²) in [5, 5.41) is 18.0. The zero-order valence-corrected chi connectivity index (χ0v) is 7.55. The van der Waals surface area contributed by atoms with Crippen LogP contribution in [0.2, 0.25) is 0 Å². The summed E-state index contributed by atoms with van der Waals surface area (Å²) >= 11 is 3.29. The minimum Gasteiger partial charge on any atom is -0.395 e. The van der Waals surface area contributed by atoms with Gasteiger partial charge in [-0.15, -0.1) is 0 Å². The Morgan fingerprint density at radius 3 is 1.80 bits per heavy atom. The third-order valence-corrected chi connectivity index (χ3v) is 1.59. The Hall–Kier alpha value is 0.360. The number of halogens is 1. The van der Waals surface area contributed by atoms with Gasteiger partial charge < -0.3 is 10.2 Å². The van der Waals surface area contributed by atoms with Crippen molar-refractivity contribution in [2.75, 3.05) is 38.2 Å². The lowest BCUT2D eigenvalue weighted by Crippen LogP contribution is -2.31. The van der Waals surface area contributed by atoms with Crippen molar-refractivity contribution >= 4 is 15.9 Å². The number of nitrogens with zero attached hydrogens (tertiary/aromatic N) is 1. The lowest BCUT2D eigenvalue weighted by molar-refractivity contribution is 0.168. The summed E-state index contributed by atoms with van der Waals surface area (Å²) in [6.45, 7) is 2.49. The summed E-state index contributed by atoms with van der Waals surface area (Å²) in [5.74, 6) is 0. The fourth-order valence-electron chi connectivity index (χ4n) is 0.738. The minimum atomic E-state index is 0.160. The molecule has 2 N–H and O–H groups in total. The van der Waals surface area contributed by atoms with E-state index in [2.05, 4.69) is 15.9 Å². The Morgan fingerprint density at radius 2 is 1.50 bits per heavy atom. The van der Waals surface area contributed by atoms with E-state index in [1.165, 1.54) is 0 Å². The maximum absolute atomic E-state index is 8.55. The minimum absolute atomic E-state index is 0.160. The van der Waals surface area contributed by atoms with Gasteiger partial charge in [0, 0.05) is 25.0 Å². The van der Waals surface area contributed by atoms with Crippen molar-refractivity contribution in [1.29, 1.82) is 0 Å². The highest BCUT2D eigenvalue weighted by molar-refractivity contribution is 9.09. The number of aliphatic hydroxyl groups is 2. The van der Waals surface area contributed by atoms with Crippen LogP contribution in [-0.2, 0) is 0 Å². The molecular formula is C6H14BrNO2. The van der Waals surface area contributed by atoms with Crippen LogP contribution in [0, 0.1) is 0 Å². The molecule has 10 heavy (non-hydrogen) atoms. The van der Waals surface area contributed by atoms with E-state index in [0.29, 0.717) is 13.1 Å². The Bertz CT molecular complexity index is 58.5. The molecule has 0 saturated carbocycles. The molecule has 0 aliphatic heterocycles. The molecule has 0 aromatic carbocycles. The van der Waals surface area contributed by atoms with E-state index >= 15 is 0 Å². The number of hydrogen-bond acceptors (Lipinski definition) is 3. The molecule has 0 unspecified atom stereocenters. The normalized spacial score (nSPS) is 10.8. The lowest BCUT2D eigenvalue weighted by Gasteiger charge is -2.17. The SMILES string of the molecule is OCCN(CCO)CCBr. The van der Waals surface area contributed by atoms with Gasteiger partial charge in [-0.25, -0.2) is 0 Å².